The second-order valence-corrected chi connectivity index (χ2v) is 6.86. The molecule has 1 aliphatic heterocycles. The summed E-state index contributed by atoms with van der Waals surface area (Å²) in [6.07, 6.45) is 2.00. The number of amides is 1. The summed E-state index contributed by atoms with van der Waals surface area (Å²) in [5.41, 5.74) is 1.35. The Kier molecular flexibility index (Phi) is 4.48. The molecule has 0 saturated carbocycles. The Morgan fingerprint density at radius 3 is 2.45 bits per heavy atom. The molecule has 110 valence electrons. The van der Waals surface area contributed by atoms with E-state index in [-0.39, 0.29) is 23.4 Å². The highest BCUT2D eigenvalue weighted by Crippen LogP contribution is 2.28. The molecule has 1 aliphatic rings. The fourth-order valence-electron chi connectivity index (χ4n) is 2.77. The molecule has 0 radical (unpaired) electrons. The Labute approximate surface area is 122 Å². The second-order valence-electron chi connectivity index (χ2n) is 6.86. The number of hydrogen-bond acceptors (Lipinski definition) is 2. The normalized spacial score (nSPS) is 24.4. The van der Waals surface area contributed by atoms with E-state index in [9.17, 15) is 4.79 Å². The van der Waals surface area contributed by atoms with Gasteiger partial charge in [-0.1, -0.05) is 51.1 Å². The molecule has 1 saturated heterocycles. The lowest BCUT2D eigenvalue weighted by molar-refractivity contribution is -0.123. The SMILES string of the molecule is C[C@H](NC(=O)[C@@H]1CC[C@@H](C(C)(C)C)N1)c1ccccc1. The van der Waals surface area contributed by atoms with Crippen molar-refractivity contribution in [2.45, 2.75) is 58.7 Å². The first kappa shape index (κ1) is 15.0. The predicted molar refractivity (Wildman–Crippen MR) is 82.4 cm³/mol. The number of benzene rings is 1. The summed E-state index contributed by atoms with van der Waals surface area (Å²) in [6, 6.07) is 10.5. The third-order valence-corrected chi connectivity index (χ3v) is 4.17. The van der Waals surface area contributed by atoms with Crippen LogP contribution in [-0.4, -0.2) is 18.0 Å². The summed E-state index contributed by atoms with van der Waals surface area (Å²) in [4.78, 5) is 12.3. The molecule has 1 aromatic rings. The monoisotopic (exact) mass is 274 g/mol. The lowest BCUT2D eigenvalue weighted by Crippen LogP contribution is -2.46. The topological polar surface area (TPSA) is 41.1 Å². The Balaban J connectivity index is 1.90. The zero-order chi connectivity index (χ0) is 14.8. The zero-order valence-electron chi connectivity index (χ0n) is 12.9. The van der Waals surface area contributed by atoms with E-state index in [1.165, 1.54) is 0 Å². The van der Waals surface area contributed by atoms with Gasteiger partial charge in [0.15, 0.2) is 0 Å². The van der Waals surface area contributed by atoms with Gasteiger partial charge in [0.2, 0.25) is 5.91 Å². The highest BCUT2D eigenvalue weighted by molar-refractivity contribution is 5.82. The summed E-state index contributed by atoms with van der Waals surface area (Å²) >= 11 is 0. The van der Waals surface area contributed by atoms with Crippen LogP contribution in [0, 0.1) is 5.41 Å². The Morgan fingerprint density at radius 2 is 1.90 bits per heavy atom. The maximum atomic E-state index is 12.3. The van der Waals surface area contributed by atoms with E-state index < -0.39 is 0 Å². The molecule has 0 unspecified atom stereocenters. The van der Waals surface area contributed by atoms with Gasteiger partial charge >= 0.3 is 0 Å². The minimum Gasteiger partial charge on any atom is -0.348 e. The summed E-state index contributed by atoms with van der Waals surface area (Å²) in [7, 11) is 0. The Bertz CT molecular complexity index is 450. The molecule has 0 spiro atoms. The van der Waals surface area contributed by atoms with E-state index in [1.54, 1.807) is 0 Å². The van der Waals surface area contributed by atoms with Crippen molar-refractivity contribution in [2.24, 2.45) is 5.41 Å². The average molecular weight is 274 g/mol. The molecule has 20 heavy (non-hydrogen) atoms. The standard InChI is InChI=1S/C17H26N2O/c1-12(13-8-6-5-7-9-13)18-16(20)14-10-11-15(19-14)17(2,3)4/h5-9,12,14-15,19H,10-11H2,1-4H3,(H,18,20)/t12-,14-,15-/m0/s1. The van der Waals surface area contributed by atoms with Gasteiger partial charge < -0.3 is 10.6 Å². The van der Waals surface area contributed by atoms with Crippen LogP contribution in [0.1, 0.15) is 52.1 Å². The fourth-order valence-corrected chi connectivity index (χ4v) is 2.77. The van der Waals surface area contributed by atoms with Gasteiger partial charge in [0.25, 0.3) is 0 Å². The van der Waals surface area contributed by atoms with Gasteiger partial charge in [0.1, 0.15) is 0 Å². The molecule has 1 amide bonds. The van der Waals surface area contributed by atoms with Crippen molar-refractivity contribution in [1.29, 1.82) is 0 Å². The smallest absolute Gasteiger partial charge is 0.237 e. The van der Waals surface area contributed by atoms with Crippen molar-refractivity contribution < 1.29 is 4.79 Å². The van der Waals surface area contributed by atoms with Crippen LogP contribution in [0.4, 0.5) is 0 Å². The average Bonchev–Trinajstić information content (AvgIpc) is 2.89. The third kappa shape index (κ3) is 3.60. The molecule has 0 aliphatic carbocycles. The van der Waals surface area contributed by atoms with Crippen molar-refractivity contribution >= 4 is 5.91 Å². The molecule has 2 N–H and O–H groups in total. The number of nitrogens with one attached hydrogen (secondary N) is 2. The summed E-state index contributed by atoms with van der Waals surface area (Å²) in [6.45, 7) is 8.69. The molecule has 0 aromatic heterocycles. The molecule has 3 atom stereocenters. The van der Waals surface area contributed by atoms with Gasteiger partial charge in [-0.15, -0.1) is 0 Å². The van der Waals surface area contributed by atoms with Crippen molar-refractivity contribution in [3.63, 3.8) is 0 Å². The number of carbonyl (C=O) groups is 1. The largest absolute Gasteiger partial charge is 0.348 e. The van der Waals surface area contributed by atoms with E-state index in [0.29, 0.717) is 6.04 Å². The van der Waals surface area contributed by atoms with Gasteiger partial charge in [-0.25, -0.2) is 0 Å². The van der Waals surface area contributed by atoms with Crippen LogP contribution in [0.2, 0.25) is 0 Å². The predicted octanol–water partition coefficient (Wildman–Crippen LogP) is 3.03. The van der Waals surface area contributed by atoms with Crippen molar-refractivity contribution in [3.8, 4) is 0 Å². The summed E-state index contributed by atoms with van der Waals surface area (Å²) in [5.74, 6) is 0.119. The highest BCUT2D eigenvalue weighted by atomic mass is 16.2. The maximum Gasteiger partial charge on any atom is 0.237 e. The van der Waals surface area contributed by atoms with Gasteiger partial charge in [0, 0.05) is 6.04 Å². The Hall–Kier alpha value is -1.35. The van der Waals surface area contributed by atoms with Crippen LogP contribution in [0.3, 0.4) is 0 Å². The Morgan fingerprint density at radius 1 is 1.25 bits per heavy atom. The molecule has 1 fully saturated rings. The highest BCUT2D eigenvalue weighted by Gasteiger charge is 2.35. The first-order valence-electron chi connectivity index (χ1n) is 7.49. The van der Waals surface area contributed by atoms with E-state index >= 15 is 0 Å². The number of hydrogen-bond donors (Lipinski definition) is 2. The van der Waals surface area contributed by atoms with Crippen LogP contribution in [0.15, 0.2) is 30.3 Å². The molecule has 3 nitrogen and oxygen atoms in total. The van der Waals surface area contributed by atoms with Crippen LogP contribution in [-0.2, 0) is 4.79 Å². The quantitative estimate of drug-likeness (QED) is 0.889. The van der Waals surface area contributed by atoms with Crippen molar-refractivity contribution in [3.05, 3.63) is 35.9 Å². The lowest BCUT2D eigenvalue weighted by atomic mass is 9.86. The second kappa shape index (κ2) is 5.96. The van der Waals surface area contributed by atoms with Crippen molar-refractivity contribution in [2.75, 3.05) is 0 Å². The molecule has 0 bridgehead atoms. The van der Waals surface area contributed by atoms with Gasteiger partial charge in [-0.2, -0.15) is 0 Å². The zero-order valence-corrected chi connectivity index (χ0v) is 12.9. The van der Waals surface area contributed by atoms with Gasteiger partial charge in [-0.05, 0) is 30.7 Å². The fraction of sp³-hybridized carbons (Fsp3) is 0.588. The van der Waals surface area contributed by atoms with E-state index in [1.807, 2.05) is 37.3 Å². The summed E-state index contributed by atoms with van der Waals surface area (Å²) in [5, 5.41) is 6.58. The van der Waals surface area contributed by atoms with Gasteiger partial charge in [0.05, 0.1) is 12.1 Å². The van der Waals surface area contributed by atoms with Gasteiger partial charge in [-0.3, -0.25) is 4.79 Å². The van der Waals surface area contributed by atoms with Crippen LogP contribution in [0.5, 0.6) is 0 Å². The first-order valence-corrected chi connectivity index (χ1v) is 7.49. The molecular formula is C17H26N2O. The molecular weight excluding hydrogens is 248 g/mol. The molecule has 1 aromatic carbocycles. The lowest BCUT2D eigenvalue weighted by Gasteiger charge is -2.28. The van der Waals surface area contributed by atoms with Crippen molar-refractivity contribution in [1.82, 2.24) is 10.6 Å². The van der Waals surface area contributed by atoms with E-state index in [2.05, 4.69) is 31.4 Å². The minimum atomic E-state index is -0.0506. The minimum absolute atomic E-state index is 0.0506. The number of rotatable bonds is 3. The van der Waals surface area contributed by atoms with Crippen LogP contribution < -0.4 is 10.6 Å². The van der Waals surface area contributed by atoms with Crippen LogP contribution >= 0.6 is 0 Å². The molecule has 3 heteroatoms. The van der Waals surface area contributed by atoms with E-state index in [4.69, 9.17) is 0 Å². The summed E-state index contributed by atoms with van der Waals surface area (Å²) < 4.78 is 0. The van der Waals surface area contributed by atoms with Crippen LogP contribution in [0.25, 0.3) is 0 Å². The number of carbonyl (C=O) groups excluding carboxylic acids is 1. The third-order valence-electron chi connectivity index (χ3n) is 4.17. The first-order chi connectivity index (χ1) is 9.38. The maximum absolute atomic E-state index is 12.3. The molecule has 1 heterocycles. The van der Waals surface area contributed by atoms with E-state index in [0.717, 1.165) is 18.4 Å². The molecule has 2 rings (SSSR count).